The van der Waals surface area contributed by atoms with Crippen LogP contribution in [0.5, 0.6) is 0 Å². The average Bonchev–Trinajstić information content (AvgIpc) is 2.38. The number of rotatable bonds is 9. The molecular weight excluding hydrogens is 244 g/mol. The summed E-state index contributed by atoms with van der Waals surface area (Å²) < 4.78 is 9.80. The molecule has 0 aromatic carbocycles. The number of hydrogen-bond donors (Lipinski definition) is 0. The molecule has 19 heavy (non-hydrogen) atoms. The summed E-state index contributed by atoms with van der Waals surface area (Å²) in [7, 11) is 0. The number of carbonyl (C=O) groups excluding carboxylic acids is 2. The molecule has 0 bridgehead atoms. The minimum absolute atomic E-state index is 0.274. The van der Waals surface area contributed by atoms with Crippen molar-refractivity contribution >= 4 is 11.9 Å². The maximum absolute atomic E-state index is 11.7. The summed E-state index contributed by atoms with van der Waals surface area (Å²) in [5.74, 6) is -1.77. The molecule has 0 spiro atoms. The first kappa shape index (κ1) is 17.4. The molecule has 0 aliphatic carbocycles. The van der Waals surface area contributed by atoms with Crippen LogP contribution in [0.15, 0.2) is 24.3 Å². The van der Waals surface area contributed by atoms with Gasteiger partial charge in [-0.05, 0) is 40.0 Å². The van der Waals surface area contributed by atoms with E-state index in [9.17, 15) is 9.59 Å². The Bertz CT molecular complexity index is 300. The first-order valence-corrected chi connectivity index (χ1v) is 6.78. The van der Waals surface area contributed by atoms with E-state index in [1.54, 1.807) is 13.8 Å². The topological polar surface area (TPSA) is 52.6 Å². The molecule has 0 N–H and O–H groups in total. The third-order valence-corrected chi connectivity index (χ3v) is 2.45. The Kier molecular flexibility index (Phi) is 10.6. The largest absolute Gasteiger partial charge is 0.465 e. The molecule has 0 aliphatic rings. The van der Waals surface area contributed by atoms with Crippen molar-refractivity contribution in [3.8, 4) is 0 Å². The minimum atomic E-state index is -0.796. The fourth-order valence-corrected chi connectivity index (χ4v) is 1.54. The molecule has 0 aliphatic heterocycles. The van der Waals surface area contributed by atoms with Crippen LogP contribution in [0, 0.1) is 5.92 Å². The normalized spacial score (nSPS) is 11.4. The van der Waals surface area contributed by atoms with Crippen molar-refractivity contribution in [3.05, 3.63) is 24.3 Å². The second kappa shape index (κ2) is 11.5. The van der Waals surface area contributed by atoms with Gasteiger partial charge in [0.25, 0.3) is 0 Å². The molecule has 4 nitrogen and oxygen atoms in total. The second-order valence-corrected chi connectivity index (χ2v) is 3.94. The van der Waals surface area contributed by atoms with E-state index in [2.05, 4.69) is 0 Å². The van der Waals surface area contributed by atoms with Crippen LogP contribution >= 0.6 is 0 Å². The van der Waals surface area contributed by atoms with Gasteiger partial charge < -0.3 is 9.47 Å². The number of hydrogen-bond acceptors (Lipinski definition) is 4. The first-order chi connectivity index (χ1) is 9.17. The molecule has 4 heteroatoms. The van der Waals surface area contributed by atoms with Gasteiger partial charge in [0, 0.05) is 0 Å². The zero-order valence-corrected chi connectivity index (χ0v) is 12.1. The van der Waals surface area contributed by atoms with Crippen molar-refractivity contribution < 1.29 is 19.1 Å². The summed E-state index contributed by atoms with van der Waals surface area (Å²) in [5, 5.41) is 0. The molecule has 108 valence electrons. The first-order valence-electron chi connectivity index (χ1n) is 6.78. The van der Waals surface area contributed by atoms with Gasteiger partial charge >= 0.3 is 11.9 Å². The van der Waals surface area contributed by atoms with E-state index >= 15 is 0 Å². The molecule has 0 rings (SSSR count). The van der Waals surface area contributed by atoms with Crippen molar-refractivity contribution in [1.82, 2.24) is 0 Å². The highest BCUT2D eigenvalue weighted by atomic mass is 16.6. The maximum atomic E-state index is 11.7. The molecule has 0 atom stereocenters. The smallest absolute Gasteiger partial charge is 0.320 e. The third-order valence-electron chi connectivity index (χ3n) is 2.45. The number of unbranched alkanes of at least 4 members (excludes halogenated alkanes) is 1. The summed E-state index contributed by atoms with van der Waals surface area (Å²) >= 11 is 0. The fourth-order valence-electron chi connectivity index (χ4n) is 1.54. The van der Waals surface area contributed by atoms with Gasteiger partial charge in [0.05, 0.1) is 13.2 Å². The van der Waals surface area contributed by atoms with E-state index in [1.165, 1.54) is 0 Å². The van der Waals surface area contributed by atoms with Crippen LogP contribution in [0.3, 0.4) is 0 Å². The Morgan fingerprint density at radius 2 is 1.63 bits per heavy atom. The van der Waals surface area contributed by atoms with Crippen LogP contribution in [0.4, 0.5) is 0 Å². The second-order valence-electron chi connectivity index (χ2n) is 3.94. The van der Waals surface area contributed by atoms with E-state index < -0.39 is 17.9 Å². The van der Waals surface area contributed by atoms with E-state index in [-0.39, 0.29) is 13.2 Å². The van der Waals surface area contributed by atoms with E-state index in [0.717, 1.165) is 12.8 Å². The Labute approximate surface area is 115 Å². The predicted octanol–water partition coefficient (Wildman–Crippen LogP) is 3.03. The molecular formula is C15H24O4. The maximum Gasteiger partial charge on any atom is 0.320 e. The van der Waals surface area contributed by atoms with Crippen molar-refractivity contribution in [2.45, 2.75) is 40.0 Å². The van der Waals surface area contributed by atoms with Gasteiger partial charge in [-0.3, -0.25) is 9.59 Å². The van der Waals surface area contributed by atoms with Crippen molar-refractivity contribution in [1.29, 1.82) is 0 Å². The van der Waals surface area contributed by atoms with Gasteiger partial charge in [0.15, 0.2) is 5.92 Å². The Morgan fingerprint density at radius 3 is 2.11 bits per heavy atom. The van der Waals surface area contributed by atoms with E-state index in [4.69, 9.17) is 9.47 Å². The number of allylic oxidation sites excluding steroid dienone is 4. The lowest BCUT2D eigenvalue weighted by Gasteiger charge is -2.13. The number of ether oxygens (including phenoxy) is 2. The van der Waals surface area contributed by atoms with Crippen LogP contribution < -0.4 is 0 Å². The molecule has 0 unspecified atom stereocenters. The molecule has 0 aromatic rings. The average molecular weight is 268 g/mol. The third kappa shape index (κ3) is 8.19. The summed E-state index contributed by atoms with van der Waals surface area (Å²) in [6.45, 7) is 5.94. The summed E-state index contributed by atoms with van der Waals surface area (Å²) in [4.78, 5) is 23.3. The van der Waals surface area contributed by atoms with Gasteiger partial charge in [-0.1, -0.05) is 24.3 Å². The molecule has 0 aromatic heterocycles. The molecule has 0 saturated heterocycles. The highest BCUT2D eigenvalue weighted by Gasteiger charge is 2.28. The van der Waals surface area contributed by atoms with Crippen LogP contribution in [0.2, 0.25) is 0 Å². The van der Waals surface area contributed by atoms with E-state index in [0.29, 0.717) is 6.42 Å². The SMILES string of the molecule is C/C=C/C=C/CCCC(C(=O)OCC)C(=O)OCC. The molecule has 0 fully saturated rings. The van der Waals surface area contributed by atoms with Crippen LogP contribution in [0.1, 0.15) is 40.0 Å². The number of esters is 2. The molecule has 0 radical (unpaired) electrons. The highest BCUT2D eigenvalue weighted by Crippen LogP contribution is 2.13. The van der Waals surface area contributed by atoms with Crippen molar-refractivity contribution in [3.63, 3.8) is 0 Å². The zero-order valence-electron chi connectivity index (χ0n) is 12.1. The minimum Gasteiger partial charge on any atom is -0.465 e. The van der Waals surface area contributed by atoms with Gasteiger partial charge in [-0.2, -0.15) is 0 Å². The van der Waals surface area contributed by atoms with Crippen molar-refractivity contribution in [2.24, 2.45) is 5.92 Å². The predicted molar refractivity (Wildman–Crippen MR) is 74.6 cm³/mol. The fraction of sp³-hybridized carbons (Fsp3) is 0.600. The number of carbonyl (C=O) groups is 2. The molecule has 0 heterocycles. The lowest BCUT2D eigenvalue weighted by Crippen LogP contribution is -2.28. The van der Waals surface area contributed by atoms with Crippen molar-refractivity contribution in [2.75, 3.05) is 13.2 Å². The Balaban J connectivity index is 4.26. The molecule has 0 amide bonds. The summed E-state index contributed by atoms with van der Waals surface area (Å²) in [6.07, 6.45) is 9.86. The highest BCUT2D eigenvalue weighted by molar-refractivity contribution is 5.94. The van der Waals surface area contributed by atoms with E-state index in [1.807, 2.05) is 31.2 Å². The lowest BCUT2D eigenvalue weighted by molar-refractivity contribution is -0.161. The van der Waals surface area contributed by atoms with Gasteiger partial charge in [0.2, 0.25) is 0 Å². The van der Waals surface area contributed by atoms with Gasteiger partial charge in [-0.25, -0.2) is 0 Å². The van der Waals surface area contributed by atoms with Crippen LogP contribution in [-0.4, -0.2) is 25.2 Å². The van der Waals surface area contributed by atoms with Crippen LogP contribution in [-0.2, 0) is 19.1 Å². The summed E-state index contributed by atoms with van der Waals surface area (Å²) in [5.41, 5.74) is 0. The van der Waals surface area contributed by atoms with Crippen LogP contribution in [0.25, 0.3) is 0 Å². The quantitative estimate of drug-likeness (QED) is 0.279. The Morgan fingerprint density at radius 1 is 1.05 bits per heavy atom. The van der Waals surface area contributed by atoms with Gasteiger partial charge in [-0.15, -0.1) is 0 Å². The van der Waals surface area contributed by atoms with Gasteiger partial charge in [0.1, 0.15) is 0 Å². The monoisotopic (exact) mass is 268 g/mol. The Hall–Kier alpha value is -1.58. The standard InChI is InChI=1S/C15H24O4/c1-4-7-8-9-10-11-12-13(14(16)18-5-2)15(17)19-6-3/h4,7-9,13H,5-6,10-12H2,1-3H3/b7-4+,9-8+. The lowest BCUT2D eigenvalue weighted by atomic mass is 10.0. The zero-order chi connectivity index (χ0) is 14.5. The summed E-state index contributed by atoms with van der Waals surface area (Å²) in [6, 6.07) is 0. The molecule has 0 saturated carbocycles.